The first-order valence-corrected chi connectivity index (χ1v) is 14.3. The summed E-state index contributed by atoms with van der Waals surface area (Å²) in [5, 5.41) is 3.25. The molecule has 4 atom stereocenters. The highest BCUT2D eigenvalue weighted by atomic mass is 32.2. The van der Waals surface area contributed by atoms with Gasteiger partial charge in [-0.3, -0.25) is 9.10 Å². The highest BCUT2D eigenvalue weighted by Crippen LogP contribution is 2.41. The summed E-state index contributed by atoms with van der Waals surface area (Å²) in [4.78, 5) is 13.0. The SMILES string of the molecule is CNC(=O)c1c(-c2ccc(F)cc2)oc2cc3c(cc12)C(C)OC(COCC1COC(C)(C)O1)CN3S(C)=O. The molecule has 4 unspecified atom stereocenters. The van der Waals surface area contributed by atoms with Crippen molar-refractivity contribution in [1.29, 1.82) is 0 Å². The van der Waals surface area contributed by atoms with Crippen molar-refractivity contribution >= 4 is 33.5 Å². The fourth-order valence-corrected chi connectivity index (χ4v) is 5.86. The van der Waals surface area contributed by atoms with Crippen LogP contribution >= 0.6 is 0 Å². The molecule has 3 heterocycles. The molecule has 5 rings (SSSR count). The Morgan fingerprint density at radius 1 is 1.21 bits per heavy atom. The fraction of sp³-hybridized carbons (Fsp3) is 0.464. The van der Waals surface area contributed by atoms with Crippen LogP contribution in [0, 0.1) is 5.82 Å². The van der Waals surface area contributed by atoms with E-state index in [0.29, 0.717) is 53.3 Å². The van der Waals surface area contributed by atoms with Gasteiger partial charge < -0.3 is 28.7 Å². The van der Waals surface area contributed by atoms with Crippen LogP contribution in [0.15, 0.2) is 40.8 Å². The number of carbonyl (C=O) groups excluding carboxylic acids is 1. The summed E-state index contributed by atoms with van der Waals surface area (Å²) in [6.45, 7) is 7.06. The predicted molar refractivity (Wildman–Crippen MR) is 145 cm³/mol. The second-order valence-corrected chi connectivity index (χ2v) is 11.5. The van der Waals surface area contributed by atoms with Crippen LogP contribution in [0.4, 0.5) is 10.1 Å². The third-order valence-electron chi connectivity index (χ3n) is 6.86. The molecule has 1 amide bonds. The second kappa shape index (κ2) is 11.0. The first kappa shape index (κ1) is 27.7. The number of carbonyl (C=O) groups is 1. The zero-order chi connectivity index (χ0) is 27.9. The molecule has 39 heavy (non-hydrogen) atoms. The molecule has 0 saturated carbocycles. The van der Waals surface area contributed by atoms with E-state index in [9.17, 15) is 13.4 Å². The number of rotatable bonds is 7. The molecule has 2 aliphatic rings. The largest absolute Gasteiger partial charge is 0.455 e. The van der Waals surface area contributed by atoms with Crippen LogP contribution in [0.2, 0.25) is 0 Å². The molecule has 11 heteroatoms. The third kappa shape index (κ3) is 5.73. The maximum absolute atomic E-state index is 13.6. The zero-order valence-corrected chi connectivity index (χ0v) is 23.4. The number of furan rings is 1. The van der Waals surface area contributed by atoms with E-state index >= 15 is 0 Å². The average Bonchev–Trinajstić information content (AvgIpc) is 3.40. The molecule has 9 nitrogen and oxygen atoms in total. The number of hydrogen-bond donors (Lipinski definition) is 1. The van der Waals surface area contributed by atoms with Crippen molar-refractivity contribution in [3.05, 3.63) is 53.3 Å². The molecule has 2 aliphatic heterocycles. The summed E-state index contributed by atoms with van der Waals surface area (Å²) in [6.07, 6.45) is 0.682. The molecule has 2 aromatic carbocycles. The van der Waals surface area contributed by atoms with Crippen molar-refractivity contribution in [2.75, 3.05) is 44.0 Å². The summed E-state index contributed by atoms with van der Waals surface area (Å²) in [5.74, 6) is -1.02. The van der Waals surface area contributed by atoms with E-state index in [2.05, 4.69) is 5.32 Å². The molecule has 0 aliphatic carbocycles. The van der Waals surface area contributed by atoms with Gasteiger partial charge in [-0.25, -0.2) is 8.60 Å². The lowest BCUT2D eigenvalue weighted by atomic mass is 10.0. The molecule has 0 bridgehead atoms. The van der Waals surface area contributed by atoms with Crippen molar-refractivity contribution in [1.82, 2.24) is 5.32 Å². The highest BCUT2D eigenvalue weighted by molar-refractivity contribution is 7.85. The molecule has 3 aromatic rings. The van der Waals surface area contributed by atoms with Crippen molar-refractivity contribution in [2.24, 2.45) is 0 Å². The van der Waals surface area contributed by atoms with Gasteiger partial charge in [-0.1, -0.05) is 0 Å². The molecule has 0 spiro atoms. The van der Waals surface area contributed by atoms with Crippen molar-refractivity contribution in [2.45, 2.75) is 44.9 Å². The Labute approximate surface area is 229 Å². The summed E-state index contributed by atoms with van der Waals surface area (Å²) in [6, 6.07) is 9.41. The highest BCUT2D eigenvalue weighted by Gasteiger charge is 2.34. The fourth-order valence-electron chi connectivity index (χ4n) is 5.05. The van der Waals surface area contributed by atoms with Crippen molar-refractivity contribution in [3.63, 3.8) is 0 Å². The van der Waals surface area contributed by atoms with E-state index in [-0.39, 0.29) is 30.5 Å². The van der Waals surface area contributed by atoms with Crippen LogP contribution in [0.5, 0.6) is 0 Å². The average molecular weight is 561 g/mol. The van der Waals surface area contributed by atoms with Gasteiger partial charge in [-0.2, -0.15) is 0 Å². The first-order chi connectivity index (χ1) is 18.6. The lowest BCUT2D eigenvalue weighted by molar-refractivity contribution is -0.147. The molecular formula is C28H33FN2O7S. The summed E-state index contributed by atoms with van der Waals surface area (Å²) < 4.78 is 58.1. The molecular weight excluding hydrogens is 527 g/mol. The number of fused-ring (bicyclic) bond motifs is 2. The van der Waals surface area contributed by atoms with E-state index in [1.54, 1.807) is 35.8 Å². The number of halogens is 1. The third-order valence-corrected chi connectivity index (χ3v) is 7.82. The number of amides is 1. The molecule has 1 aromatic heterocycles. The van der Waals surface area contributed by atoms with Crippen molar-refractivity contribution < 1.29 is 36.8 Å². The summed E-state index contributed by atoms with van der Waals surface area (Å²) in [5.41, 5.74) is 2.81. The second-order valence-electron chi connectivity index (χ2n) is 10.2. The number of anilines is 1. The standard InChI is InChI=1S/C28H33FN2O7S/c1-16-21-10-22-24(37-26(25(22)27(32)30-4)17-6-8-18(29)9-7-17)11-23(21)31(39(5)33)12-19(36-16)13-34-14-20-15-35-28(2,3)38-20/h6-11,16,19-20H,12-15H2,1-5H3,(H,30,32). The van der Waals surface area contributed by atoms with Crippen LogP contribution < -0.4 is 9.62 Å². The smallest absolute Gasteiger partial charge is 0.255 e. The Morgan fingerprint density at radius 2 is 1.92 bits per heavy atom. The van der Waals surface area contributed by atoms with E-state index in [0.717, 1.165) is 5.56 Å². The van der Waals surface area contributed by atoms with Gasteiger partial charge in [0.25, 0.3) is 5.91 Å². The van der Waals surface area contributed by atoms with Crippen molar-refractivity contribution in [3.8, 4) is 11.3 Å². The quantitative estimate of drug-likeness (QED) is 0.459. The monoisotopic (exact) mass is 560 g/mol. The van der Waals surface area contributed by atoms with Gasteiger partial charge in [0.2, 0.25) is 0 Å². The number of nitrogens with zero attached hydrogens (tertiary/aromatic N) is 1. The molecule has 1 saturated heterocycles. The molecule has 210 valence electrons. The number of nitrogens with one attached hydrogen (secondary N) is 1. The zero-order valence-electron chi connectivity index (χ0n) is 22.6. The predicted octanol–water partition coefficient (Wildman–Crippen LogP) is 4.33. The normalized spacial score (nSPS) is 23.4. The number of ether oxygens (including phenoxy) is 4. The minimum absolute atomic E-state index is 0.165. The van der Waals surface area contributed by atoms with E-state index in [1.807, 2.05) is 26.8 Å². The van der Waals surface area contributed by atoms with Crippen LogP contribution in [0.25, 0.3) is 22.3 Å². The van der Waals surface area contributed by atoms with Gasteiger partial charge in [-0.05, 0) is 51.1 Å². The topological polar surface area (TPSA) is 99.5 Å². The maximum Gasteiger partial charge on any atom is 0.255 e. The van der Waals surface area contributed by atoms with E-state index in [1.165, 1.54) is 12.1 Å². The van der Waals surface area contributed by atoms with Gasteiger partial charge in [0.1, 0.15) is 40.4 Å². The minimum atomic E-state index is -1.38. The maximum atomic E-state index is 13.6. The van der Waals surface area contributed by atoms with Gasteiger partial charge in [0, 0.05) is 35.9 Å². The Hall–Kier alpha value is -2.83. The van der Waals surface area contributed by atoms with Crippen LogP contribution in [-0.2, 0) is 29.9 Å². The molecule has 1 N–H and O–H groups in total. The number of benzene rings is 2. The first-order valence-electron chi connectivity index (χ1n) is 12.8. The molecule has 1 fully saturated rings. The van der Waals surface area contributed by atoms with Crippen LogP contribution in [0.3, 0.4) is 0 Å². The molecule has 0 radical (unpaired) electrons. The van der Waals surface area contributed by atoms with Gasteiger partial charge in [0.05, 0.1) is 43.7 Å². The lowest BCUT2D eigenvalue weighted by Gasteiger charge is -2.24. The Bertz CT molecular complexity index is 1390. The van der Waals surface area contributed by atoms with Crippen LogP contribution in [0.1, 0.15) is 42.8 Å². The summed E-state index contributed by atoms with van der Waals surface area (Å²) >= 11 is 0. The number of hydrogen-bond acceptors (Lipinski definition) is 7. The van der Waals surface area contributed by atoms with Gasteiger partial charge >= 0.3 is 0 Å². The lowest BCUT2D eigenvalue weighted by Crippen LogP contribution is -2.36. The van der Waals surface area contributed by atoms with E-state index in [4.69, 9.17) is 23.4 Å². The minimum Gasteiger partial charge on any atom is -0.455 e. The Morgan fingerprint density at radius 3 is 2.56 bits per heavy atom. The van der Waals surface area contributed by atoms with Gasteiger partial charge in [-0.15, -0.1) is 0 Å². The van der Waals surface area contributed by atoms with Crippen LogP contribution in [-0.4, -0.2) is 67.8 Å². The Balaban J connectivity index is 1.47. The Kier molecular flexibility index (Phi) is 7.80. The van der Waals surface area contributed by atoms with Gasteiger partial charge in [0.15, 0.2) is 5.79 Å². The summed E-state index contributed by atoms with van der Waals surface area (Å²) in [7, 11) is 0.165. The van der Waals surface area contributed by atoms with E-state index < -0.39 is 22.9 Å².